The maximum atomic E-state index is 12.6. The molecule has 2 bridgehead atoms. The largest absolute Gasteiger partial charge is 0.396 e. The third-order valence-corrected chi connectivity index (χ3v) is 4.58. The van der Waals surface area contributed by atoms with Gasteiger partial charge in [0.15, 0.2) is 5.78 Å². The number of ketones is 1. The van der Waals surface area contributed by atoms with Gasteiger partial charge in [-0.25, -0.2) is 0 Å². The van der Waals surface area contributed by atoms with E-state index in [-0.39, 0.29) is 23.9 Å². The highest BCUT2D eigenvalue weighted by Gasteiger charge is 2.53. The highest BCUT2D eigenvalue weighted by atomic mass is 16.3. The molecule has 2 nitrogen and oxygen atoms in total. The molecule has 1 N–H and O–H groups in total. The van der Waals surface area contributed by atoms with Gasteiger partial charge in [0, 0.05) is 17.9 Å². The summed E-state index contributed by atoms with van der Waals surface area (Å²) < 4.78 is 0. The number of Topliss-reactive ketones (excluding diaryl/α,β-unsaturated/α-hetero) is 1. The molecule has 0 aromatic rings. The van der Waals surface area contributed by atoms with Crippen LogP contribution >= 0.6 is 0 Å². The normalized spacial score (nSPS) is 35.9. The van der Waals surface area contributed by atoms with Gasteiger partial charge in [0.25, 0.3) is 0 Å². The van der Waals surface area contributed by atoms with Gasteiger partial charge in [-0.2, -0.15) is 0 Å². The third-order valence-electron chi connectivity index (χ3n) is 4.58. The first kappa shape index (κ1) is 12.6. The van der Waals surface area contributed by atoms with Crippen molar-refractivity contribution in [3.8, 4) is 0 Å². The zero-order valence-electron chi connectivity index (χ0n) is 11.2. The number of aliphatic hydroxyl groups is 1. The van der Waals surface area contributed by atoms with Crippen molar-refractivity contribution in [3.63, 3.8) is 0 Å². The summed E-state index contributed by atoms with van der Waals surface area (Å²) in [4.78, 5) is 12.6. The number of fused-ring (bicyclic) bond motifs is 1. The lowest BCUT2D eigenvalue weighted by Gasteiger charge is -2.49. The summed E-state index contributed by atoms with van der Waals surface area (Å²) in [6, 6.07) is 0. The molecule has 3 aliphatic rings. The second-order valence-electron chi connectivity index (χ2n) is 6.17. The SMILES string of the molecule is CC(CCO)C1=CC2C=CC1(C)C(=O)C2(C)C. The van der Waals surface area contributed by atoms with Crippen LogP contribution in [0.3, 0.4) is 0 Å². The Morgan fingerprint density at radius 3 is 2.65 bits per heavy atom. The van der Waals surface area contributed by atoms with Crippen molar-refractivity contribution < 1.29 is 9.90 Å². The summed E-state index contributed by atoms with van der Waals surface area (Å²) in [5.74, 6) is 0.810. The number of hydrogen-bond donors (Lipinski definition) is 1. The molecular formula is C15H22O2. The number of carbonyl (C=O) groups is 1. The van der Waals surface area contributed by atoms with Crippen LogP contribution in [0.5, 0.6) is 0 Å². The Hall–Kier alpha value is -0.890. The van der Waals surface area contributed by atoms with Crippen LogP contribution in [0.2, 0.25) is 0 Å². The number of allylic oxidation sites excluding steroid dienone is 4. The Morgan fingerprint density at radius 2 is 2.06 bits per heavy atom. The van der Waals surface area contributed by atoms with Crippen LogP contribution in [0.1, 0.15) is 34.1 Å². The van der Waals surface area contributed by atoms with Crippen molar-refractivity contribution in [1.82, 2.24) is 0 Å². The van der Waals surface area contributed by atoms with Crippen LogP contribution in [0.15, 0.2) is 23.8 Å². The summed E-state index contributed by atoms with van der Waals surface area (Å²) in [5, 5.41) is 9.06. The van der Waals surface area contributed by atoms with Crippen molar-refractivity contribution >= 4 is 5.78 Å². The number of carbonyl (C=O) groups excluding carboxylic acids is 1. The average molecular weight is 234 g/mol. The molecule has 0 saturated heterocycles. The summed E-state index contributed by atoms with van der Waals surface area (Å²) in [7, 11) is 0. The van der Waals surface area contributed by atoms with E-state index in [1.54, 1.807) is 0 Å². The maximum Gasteiger partial charge on any atom is 0.153 e. The van der Waals surface area contributed by atoms with E-state index in [4.69, 9.17) is 5.11 Å². The number of hydrogen-bond acceptors (Lipinski definition) is 2. The Labute approximate surface area is 103 Å². The minimum Gasteiger partial charge on any atom is -0.396 e. The van der Waals surface area contributed by atoms with Crippen LogP contribution in [0.25, 0.3) is 0 Å². The summed E-state index contributed by atoms with van der Waals surface area (Å²) in [5.41, 5.74) is 0.460. The van der Waals surface area contributed by atoms with Gasteiger partial charge in [-0.3, -0.25) is 4.79 Å². The zero-order chi connectivity index (χ0) is 12.8. The first-order valence-corrected chi connectivity index (χ1v) is 6.41. The van der Waals surface area contributed by atoms with Crippen molar-refractivity contribution in [2.24, 2.45) is 22.7 Å². The smallest absolute Gasteiger partial charge is 0.153 e. The molecule has 17 heavy (non-hydrogen) atoms. The fourth-order valence-corrected chi connectivity index (χ4v) is 3.32. The monoisotopic (exact) mass is 234 g/mol. The van der Waals surface area contributed by atoms with Crippen molar-refractivity contribution in [1.29, 1.82) is 0 Å². The number of rotatable bonds is 3. The van der Waals surface area contributed by atoms with Gasteiger partial charge in [-0.15, -0.1) is 0 Å². The molecule has 0 amide bonds. The van der Waals surface area contributed by atoms with Gasteiger partial charge in [-0.05, 0) is 19.3 Å². The van der Waals surface area contributed by atoms with Gasteiger partial charge in [0.2, 0.25) is 0 Å². The molecule has 0 aromatic carbocycles. The van der Waals surface area contributed by atoms with Gasteiger partial charge in [-0.1, -0.05) is 44.6 Å². The Bertz CT molecular complexity index is 403. The quantitative estimate of drug-likeness (QED) is 0.762. The van der Waals surface area contributed by atoms with E-state index in [0.717, 1.165) is 6.42 Å². The van der Waals surface area contributed by atoms with E-state index in [9.17, 15) is 4.79 Å². The van der Waals surface area contributed by atoms with Crippen LogP contribution in [-0.2, 0) is 4.79 Å². The fraction of sp³-hybridized carbons (Fsp3) is 0.667. The second kappa shape index (κ2) is 3.81. The molecule has 0 fully saturated rings. The van der Waals surface area contributed by atoms with Gasteiger partial charge in [0.1, 0.15) is 0 Å². The Kier molecular flexibility index (Phi) is 2.81. The van der Waals surface area contributed by atoms with Crippen LogP contribution in [0, 0.1) is 22.7 Å². The van der Waals surface area contributed by atoms with E-state index in [1.165, 1.54) is 5.57 Å². The standard InChI is InChI=1S/C15H22O2/c1-10(6-8-16)12-9-11-5-7-15(12,4)13(17)14(11,2)3/h5,7,9-11,16H,6,8H2,1-4H3. The minimum atomic E-state index is -0.452. The molecule has 3 aliphatic carbocycles. The highest BCUT2D eigenvalue weighted by Crippen LogP contribution is 2.53. The average Bonchev–Trinajstić information content (AvgIpc) is 2.26. The molecule has 94 valence electrons. The highest BCUT2D eigenvalue weighted by molar-refractivity contribution is 5.97. The molecule has 0 saturated carbocycles. The van der Waals surface area contributed by atoms with Gasteiger partial charge in [0.05, 0.1) is 5.41 Å². The van der Waals surface area contributed by atoms with Crippen molar-refractivity contribution in [3.05, 3.63) is 23.8 Å². The predicted molar refractivity (Wildman–Crippen MR) is 68.5 cm³/mol. The first-order valence-electron chi connectivity index (χ1n) is 6.41. The van der Waals surface area contributed by atoms with Gasteiger partial charge < -0.3 is 5.11 Å². The molecule has 3 atom stereocenters. The molecular weight excluding hydrogens is 212 g/mol. The topological polar surface area (TPSA) is 37.3 Å². The zero-order valence-corrected chi connectivity index (χ0v) is 11.2. The third kappa shape index (κ3) is 1.61. The van der Waals surface area contributed by atoms with Crippen molar-refractivity contribution in [2.45, 2.75) is 34.1 Å². The Morgan fingerprint density at radius 1 is 1.41 bits per heavy atom. The molecule has 2 heteroatoms. The molecule has 0 aliphatic heterocycles. The first-order chi connectivity index (χ1) is 7.84. The predicted octanol–water partition coefficient (Wildman–Crippen LogP) is 2.73. The lowest BCUT2D eigenvalue weighted by Crippen LogP contribution is -2.50. The van der Waals surface area contributed by atoms with Gasteiger partial charge >= 0.3 is 0 Å². The van der Waals surface area contributed by atoms with E-state index >= 15 is 0 Å². The maximum absolute atomic E-state index is 12.6. The van der Waals surface area contributed by atoms with Crippen LogP contribution < -0.4 is 0 Å². The second-order valence-corrected chi connectivity index (χ2v) is 6.17. The van der Waals surface area contributed by atoms with E-state index in [0.29, 0.717) is 5.78 Å². The molecule has 0 heterocycles. The molecule has 3 unspecified atom stereocenters. The summed E-state index contributed by atoms with van der Waals surface area (Å²) >= 11 is 0. The minimum absolute atomic E-state index is 0.181. The molecule has 0 radical (unpaired) electrons. The van der Waals surface area contributed by atoms with Crippen LogP contribution in [-0.4, -0.2) is 17.5 Å². The summed E-state index contributed by atoms with van der Waals surface area (Å²) in [6.07, 6.45) is 7.21. The Balaban J connectivity index is 2.43. The lowest BCUT2D eigenvalue weighted by molar-refractivity contribution is -0.136. The van der Waals surface area contributed by atoms with E-state index < -0.39 is 5.41 Å². The fourth-order valence-electron chi connectivity index (χ4n) is 3.32. The molecule has 0 aromatic heterocycles. The molecule has 3 rings (SSSR count). The number of aliphatic hydroxyl groups excluding tert-OH is 1. The summed E-state index contributed by atoms with van der Waals surface area (Å²) in [6.45, 7) is 8.36. The van der Waals surface area contributed by atoms with Crippen LogP contribution in [0.4, 0.5) is 0 Å². The van der Waals surface area contributed by atoms with E-state index in [1.807, 2.05) is 20.8 Å². The van der Waals surface area contributed by atoms with E-state index in [2.05, 4.69) is 25.2 Å². The molecule has 0 spiro atoms. The van der Waals surface area contributed by atoms with Crippen molar-refractivity contribution in [2.75, 3.05) is 6.61 Å². The lowest BCUT2D eigenvalue weighted by atomic mass is 9.53.